The van der Waals surface area contributed by atoms with Gasteiger partial charge in [-0.05, 0) is 39.0 Å². The van der Waals surface area contributed by atoms with E-state index in [0.717, 1.165) is 19.1 Å². The number of ether oxygens (including phenoxy) is 1. The number of aliphatic hydroxyl groups is 1. The monoisotopic (exact) mass is 450 g/mol. The number of phenols is 2. The fraction of sp³-hybridized carbons (Fsp3) is 0.160. The molecule has 33 heavy (non-hydrogen) atoms. The SMILES string of the molecule is CC(=O)C1=C(O)C=C2Oc3c(C(=O)/C=C/c4ccccc4F)c(O)c(C)c(O)c3[C@]2(C)C1=O. The van der Waals surface area contributed by atoms with E-state index in [1.54, 1.807) is 6.07 Å². The molecule has 3 N–H and O–H groups in total. The van der Waals surface area contributed by atoms with E-state index >= 15 is 0 Å². The van der Waals surface area contributed by atoms with Gasteiger partial charge in [-0.25, -0.2) is 4.39 Å². The Hall–Kier alpha value is -4.20. The molecule has 0 bridgehead atoms. The average Bonchev–Trinajstić information content (AvgIpc) is 3.04. The third kappa shape index (κ3) is 3.06. The number of ketones is 3. The Morgan fingerprint density at radius 1 is 1.12 bits per heavy atom. The minimum absolute atomic E-state index is 0.0848. The Morgan fingerprint density at radius 2 is 1.79 bits per heavy atom. The van der Waals surface area contributed by atoms with E-state index in [1.807, 2.05) is 0 Å². The second kappa shape index (κ2) is 7.44. The number of rotatable bonds is 4. The van der Waals surface area contributed by atoms with E-state index in [9.17, 15) is 34.1 Å². The molecular formula is C25H19FO7. The van der Waals surface area contributed by atoms with Crippen molar-refractivity contribution in [2.75, 3.05) is 0 Å². The number of phenolic OH excluding ortho intramolecular Hbond substituents is 2. The van der Waals surface area contributed by atoms with Crippen molar-refractivity contribution in [1.29, 1.82) is 0 Å². The fourth-order valence-electron chi connectivity index (χ4n) is 4.12. The van der Waals surface area contributed by atoms with Crippen LogP contribution in [0.5, 0.6) is 17.2 Å². The molecule has 0 spiro atoms. The van der Waals surface area contributed by atoms with Crippen molar-refractivity contribution in [1.82, 2.24) is 0 Å². The lowest BCUT2D eigenvalue weighted by molar-refractivity contribution is -0.123. The highest BCUT2D eigenvalue weighted by molar-refractivity contribution is 6.26. The predicted octanol–water partition coefficient (Wildman–Crippen LogP) is 3.96. The number of carbonyl (C=O) groups is 3. The van der Waals surface area contributed by atoms with Crippen molar-refractivity contribution in [2.45, 2.75) is 26.2 Å². The van der Waals surface area contributed by atoms with Crippen LogP contribution in [0.2, 0.25) is 0 Å². The van der Waals surface area contributed by atoms with Gasteiger partial charge in [0.1, 0.15) is 51.1 Å². The Kier molecular flexibility index (Phi) is 4.96. The molecule has 1 aliphatic carbocycles. The molecule has 168 valence electrons. The van der Waals surface area contributed by atoms with E-state index in [0.29, 0.717) is 0 Å². The summed E-state index contributed by atoms with van der Waals surface area (Å²) in [5, 5.41) is 31.7. The molecule has 1 heterocycles. The van der Waals surface area contributed by atoms with Crippen LogP contribution in [0, 0.1) is 12.7 Å². The van der Waals surface area contributed by atoms with Crippen LogP contribution in [-0.2, 0) is 15.0 Å². The van der Waals surface area contributed by atoms with Gasteiger partial charge in [0.05, 0.1) is 5.56 Å². The number of aromatic hydroxyl groups is 2. The molecule has 0 saturated heterocycles. The minimum atomic E-state index is -1.71. The number of benzene rings is 2. The first-order chi connectivity index (χ1) is 15.5. The lowest BCUT2D eigenvalue weighted by Gasteiger charge is -2.28. The van der Waals surface area contributed by atoms with E-state index in [-0.39, 0.29) is 33.8 Å². The standard InChI is InChI=1S/C25H19FO7/c1-11-21(30)19(15(28)9-8-13-6-4-5-7-14(13)26)23-20(22(11)31)25(3)17(33-23)10-16(29)18(12(2)27)24(25)32/h4-10,29-31H,1-3H3/b9-8+/t25-/m1/s1. The summed E-state index contributed by atoms with van der Waals surface area (Å²) in [6.07, 6.45) is 3.33. The predicted molar refractivity (Wildman–Crippen MR) is 116 cm³/mol. The molecule has 8 heteroatoms. The quantitative estimate of drug-likeness (QED) is 0.366. The third-order valence-electron chi connectivity index (χ3n) is 5.97. The molecule has 2 aromatic rings. The Bertz CT molecular complexity index is 1360. The molecule has 0 amide bonds. The molecule has 1 atom stereocenters. The van der Waals surface area contributed by atoms with E-state index in [1.165, 1.54) is 38.1 Å². The molecule has 0 saturated carbocycles. The molecule has 2 aromatic carbocycles. The first-order valence-corrected chi connectivity index (χ1v) is 9.95. The summed E-state index contributed by atoms with van der Waals surface area (Å²) in [5.74, 6) is -4.87. The minimum Gasteiger partial charge on any atom is -0.507 e. The van der Waals surface area contributed by atoms with Gasteiger partial charge in [-0.3, -0.25) is 14.4 Å². The summed E-state index contributed by atoms with van der Waals surface area (Å²) in [5.41, 5.74) is -2.58. The van der Waals surface area contributed by atoms with Gasteiger partial charge < -0.3 is 20.1 Å². The lowest BCUT2D eigenvalue weighted by Crippen LogP contribution is -2.38. The van der Waals surface area contributed by atoms with Crippen molar-refractivity contribution in [3.63, 3.8) is 0 Å². The van der Waals surface area contributed by atoms with Crippen molar-refractivity contribution in [2.24, 2.45) is 0 Å². The smallest absolute Gasteiger partial charge is 0.193 e. The number of Topliss-reactive ketones (excluding diaryl/α,β-unsaturated/α-hetero) is 2. The second-order valence-electron chi connectivity index (χ2n) is 8.00. The maximum atomic E-state index is 13.9. The Morgan fingerprint density at radius 3 is 2.42 bits per heavy atom. The highest BCUT2D eigenvalue weighted by Gasteiger charge is 2.55. The van der Waals surface area contributed by atoms with Gasteiger partial charge in [-0.15, -0.1) is 0 Å². The fourth-order valence-corrected chi connectivity index (χ4v) is 4.12. The summed E-state index contributed by atoms with van der Waals surface area (Å²) in [6.45, 7) is 3.86. The van der Waals surface area contributed by atoms with Crippen LogP contribution in [0.15, 0.2) is 53.5 Å². The number of hydrogen-bond acceptors (Lipinski definition) is 7. The van der Waals surface area contributed by atoms with Gasteiger partial charge >= 0.3 is 0 Å². The molecular weight excluding hydrogens is 431 g/mol. The van der Waals surface area contributed by atoms with Crippen LogP contribution < -0.4 is 4.74 Å². The Labute approximate surface area is 187 Å². The number of fused-ring (bicyclic) bond motifs is 3. The lowest BCUT2D eigenvalue weighted by atomic mass is 9.71. The number of hydrogen-bond donors (Lipinski definition) is 3. The van der Waals surface area contributed by atoms with Crippen LogP contribution >= 0.6 is 0 Å². The number of allylic oxidation sites excluding steroid dienone is 4. The molecule has 7 nitrogen and oxygen atoms in total. The maximum Gasteiger partial charge on any atom is 0.193 e. The average molecular weight is 450 g/mol. The number of carbonyl (C=O) groups excluding carboxylic acids is 3. The van der Waals surface area contributed by atoms with Gasteiger partial charge in [0, 0.05) is 17.2 Å². The summed E-state index contributed by atoms with van der Waals surface area (Å²) in [4.78, 5) is 38.3. The van der Waals surface area contributed by atoms with Crippen LogP contribution in [0.1, 0.15) is 40.9 Å². The van der Waals surface area contributed by atoms with Gasteiger partial charge in [0.2, 0.25) is 0 Å². The topological polar surface area (TPSA) is 121 Å². The maximum absolute atomic E-state index is 13.9. The number of halogens is 1. The zero-order valence-corrected chi connectivity index (χ0v) is 17.9. The van der Waals surface area contributed by atoms with Crippen molar-refractivity contribution in [3.05, 3.63) is 81.6 Å². The van der Waals surface area contributed by atoms with Crippen LogP contribution in [0.25, 0.3) is 6.08 Å². The van der Waals surface area contributed by atoms with Gasteiger partial charge in [0.25, 0.3) is 0 Å². The highest BCUT2D eigenvalue weighted by Crippen LogP contribution is 2.57. The highest BCUT2D eigenvalue weighted by atomic mass is 19.1. The van der Waals surface area contributed by atoms with E-state index in [4.69, 9.17) is 4.74 Å². The van der Waals surface area contributed by atoms with Crippen LogP contribution in [0.3, 0.4) is 0 Å². The molecule has 4 rings (SSSR count). The molecule has 2 aliphatic rings. The molecule has 0 aromatic heterocycles. The van der Waals surface area contributed by atoms with Crippen LogP contribution in [-0.4, -0.2) is 32.7 Å². The summed E-state index contributed by atoms with van der Waals surface area (Å²) < 4.78 is 19.6. The molecule has 0 radical (unpaired) electrons. The van der Waals surface area contributed by atoms with Crippen molar-refractivity contribution in [3.8, 4) is 17.2 Å². The summed E-state index contributed by atoms with van der Waals surface area (Å²) in [6, 6.07) is 5.77. The molecule has 0 fully saturated rings. The summed E-state index contributed by atoms with van der Waals surface area (Å²) >= 11 is 0. The van der Waals surface area contributed by atoms with Gasteiger partial charge in [0.15, 0.2) is 17.3 Å². The largest absolute Gasteiger partial charge is 0.507 e. The van der Waals surface area contributed by atoms with Crippen molar-refractivity contribution >= 4 is 23.4 Å². The van der Waals surface area contributed by atoms with E-state index in [2.05, 4.69) is 0 Å². The van der Waals surface area contributed by atoms with Crippen molar-refractivity contribution < 1.29 is 38.8 Å². The van der Waals surface area contributed by atoms with Crippen LogP contribution in [0.4, 0.5) is 4.39 Å². The van der Waals surface area contributed by atoms with Gasteiger partial charge in [-0.1, -0.05) is 18.2 Å². The third-order valence-corrected chi connectivity index (χ3v) is 5.97. The number of aliphatic hydroxyl groups excluding tert-OH is 1. The normalized spacial score (nSPS) is 19.3. The zero-order chi connectivity index (χ0) is 24.2. The Balaban J connectivity index is 1.91. The first kappa shape index (κ1) is 22.0. The zero-order valence-electron chi connectivity index (χ0n) is 17.9. The molecule has 1 aliphatic heterocycles. The molecule has 0 unspecified atom stereocenters. The van der Waals surface area contributed by atoms with Gasteiger partial charge in [-0.2, -0.15) is 0 Å². The first-order valence-electron chi connectivity index (χ1n) is 9.95. The van der Waals surface area contributed by atoms with E-state index < -0.39 is 51.4 Å². The summed E-state index contributed by atoms with van der Waals surface area (Å²) in [7, 11) is 0. The second-order valence-corrected chi connectivity index (χ2v) is 8.00.